The minimum absolute atomic E-state index is 0.0417. The van der Waals surface area contributed by atoms with Crippen LogP contribution >= 0.6 is 0 Å². The van der Waals surface area contributed by atoms with E-state index >= 15 is 0 Å². The molecular formula is C11H21NO3. The third-order valence-electron chi connectivity index (χ3n) is 2.07. The quantitative estimate of drug-likeness (QED) is 0.607. The summed E-state index contributed by atoms with van der Waals surface area (Å²) in [6.45, 7) is 4.99. The average molecular weight is 215 g/mol. The first-order chi connectivity index (χ1) is 7.02. The van der Waals surface area contributed by atoms with E-state index in [2.05, 4.69) is 19.2 Å². The summed E-state index contributed by atoms with van der Waals surface area (Å²) in [7, 11) is 0. The van der Waals surface area contributed by atoms with Crippen LogP contribution in [0, 0.1) is 5.92 Å². The maximum atomic E-state index is 11.2. The van der Waals surface area contributed by atoms with Gasteiger partial charge in [0.25, 0.3) is 0 Å². The van der Waals surface area contributed by atoms with Gasteiger partial charge in [-0.05, 0) is 25.2 Å². The van der Waals surface area contributed by atoms with Crippen molar-refractivity contribution in [3.8, 4) is 0 Å². The number of aliphatic carboxylic acids is 1. The Hall–Kier alpha value is -1.06. The highest BCUT2D eigenvalue weighted by molar-refractivity contribution is 5.76. The second-order valence-electron chi connectivity index (χ2n) is 4.13. The molecule has 0 aliphatic carbocycles. The highest BCUT2D eigenvalue weighted by atomic mass is 16.4. The number of carbonyl (C=O) groups excluding carboxylic acids is 1. The highest BCUT2D eigenvalue weighted by Gasteiger charge is 2.03. The number of amides is 1. The molecule has 0 aromatic carbocycles. The van der Waals surface area contributed by atoms with Crippen LogP contribution in [-0.4, -0.2) is 23.5 Å². The zero-order valence-corrected chi connectivity index (χ0v) is 9.58. The Morgan fingerprint density at radius 3 is 2.40 bits per heavy atom. The molecule has 0 spiro atoms. The summed E-state index contributed by atoms with van der Waals surface area (Å²) < 4.78 is 0. The van der Waals surface area contributed by atoms with Crippen molar-refractivity contribution in [2.24, 2.45) is 5.92 Å². The SMILES string of the molecule is CC(C)CCCNC(=O)CCCC(=O)O. The Bertz CT molecular complexity index is 202. The highest BCUT2D eigenvalue weighted by Crippen LogP contribution is 2.02. The first kappa shape index (κ1) is 13.9. The van der Waals surface area contributed by atoms with E-state index < -0.39 is 5.97 Å². The van der Waals surface area contributed by atoms with Gasteiger partial charge in [0.05, 0.1) is 0 Å². The molecule has 0 aliphatic rings. The van der Waals surface area contributed by atoms with Crippen molar-refractivity contribution in [1.29, 1.82) is 0 Å². The molecule has 0 aliphatic heterocycles. The molecular weight excluding hydrogens is 194 g/mol. The summed E-state index contributed by atoms with van der Waals surface area (Å²) in [5.74, 6) is -0.225. The van der Waals surface area contributed by atoms with E-state index in [9.17, 15) is 9.59 Å². The molecule has 0 radical (unpaired) electrons. The fourth-order valence-corrected chi connectivity index (χ4v) is 1.23. The molecule has 88 valence electrons. The zero-order valence-electron chi connectivity index (χ0n) is 9.58. The van der Waals surface area contributed by atoms with Crippen LogP contribution < -0.4 is 5.32 Å². The standard InChI is InChI=1S/C11H21NO3/c1-9(2)5-4-8-12-10(13)6-3-7-11(14)15/h9H,3-8H2,1-2H3,(H,12,13)(H,14,15). The normalized spacial score (nSPS) is 10.3. The molecule has 0 aromatic heterocycles. The summed E-state index contributed by atoms with van der Waals surface area (Å²) in [6.07, 6.45) is 2.90. The maximum absolute atomic E-state index is 11.2. The van der Waals surface area contributed by atoms with Crippen LogP contribution in [0.4, 0.5) is 0 Å². The fourth-order valence-electron chi connectivity index (χ4n) is 1.23. The molecule has 0 fully saturated rings. The Morgan fingerprint density at radius 1 is 1.20 bits per heavy atom. The number of carbonyl (C=O) groups is 2. The monoisotopic (exact) mass is 215 g/mol. The summed E-state index contributed by atoms with van der Waals surface area (Å²) in [5, 5.41) is 11.1. The van der Waals surface area contributed by atoms with Crippen molar-refractivity contribution < 1.29 is 14.7 Å². The van der Waals surface area contributed by atoms with E-state index in [1.807, 2.05) is 0 Å². The van der Waals surface area contributed by atoms with Gasteiger partial charge in [-0.25, -0.2) is 0 Å². The second kappa shape index (κ2) is 8.26. The average Bonchev–Trinajstić information content (AvgIpc) is 2.11. The lowest BCUT2D eigenvalue weighted by molar-refractivity contribution is -0.137. The molecule has 4 heteroatoms. The maximum Gasteiger partial charge on any atom is 0.303 e. The van der Waals surface area contributed by atoms with Gasteiger partial charge in [-0.3, -0.25) is 9.59 Å². The molecule has 1 amide bonds. The zero-order chi connectivity index (χ0) is 11.7. The van der Waals surface area contributed by atoms with Crippen LogP contribution in [0.5, 0.6) is 0 Å². The molecule has 0 bridgehead atoms. The molecule has 0 saturated carbocycles. The summed E-state index contributed by atoms with van der Waals surface area (Å²) in [6, 6.07) is 0. The van der Waals surface area contributed by atoms with E-state index in [0.29, 0.717) is 25.3 Å². The summed E-state index contributed by atoms with van der Waals surface area (Å²) in [5.41, 5.74) is 0. The van der Waals surface area contributed by atoms with Crippen molar-refractivity contribution in [2.75, 3.05) is 6.54 Å². The molecule has 0 aromatic rings. The number of carboxylic acids is 1. The Labute approximate surface area is 91.1 Å². The first-order valence-corrected chi connectivity index (χ1v) is 5.51. The van der Waals surface area contributed by atoms with Crippen LogP contribution in [0.15, 0.2) is 0 Å². The van der Waals surface area contributed by atoms with Crippen LogP contribution in [0.3, 0.4) is 0 Å². The van der Waals surface area contributed by atoms with Crippen molar-refractivity contribution in [3.05, 3.63) is 0 Å². The minimum atomic E-state index is -0.845. The van der Waals surface area contributed by atoms with Gasteiger partial charge in [-0.15, -0.1) is 0 Å². The topological polar surface area (TPSA) is 66.4 Å². The molecule has 15 heavy (non-hydrogen) atoms. The van der Waals surface area contributed by atoms with E-state index in [1.165, 1.54) is 0 Å². The molecule has 0 heterocycles. The lowest BCUT2D eigenvalue weighted by Crippen LogP contribution is -2.24. The lowest BCUT2D eigenvalue weighted by Gasteiger charge is -2.06. The van der Waals surface area contributed by atoms with Crippen molar-refractivity contribution >= 4 is 11.9 Å². The van der Waals surface area contributed by atoms with Gasteiger partial charge in [-0.1, -0.05) is 13.8 Å². The van der Waals surface area contributed by atoms with Crippen LogP contribution in [-0.2, 0) is 9.59 Å². The van der Waals surface area contributed by atoms with Crippen LogP contribution in [0.25, 0.3) is 0 Å². The molecule has 0 atom stereocenters. The Morgan fingerprint density at radius 2 is 1.87 bits per heavy atom. The second-order valence-corrected chi connectivity index (χ2v) is 4.13. The molecule has 0 unspecified atom stereocenters. The Kier molecular flexibility index (Phi) is 7.68. The Balaban J connectivity index is 3.30. The van der Waals surface area contributed by atoms with Crippen LogP contribution in [0.1, 0.15) is 46.0 Å². The predicted molar refractivity (Wildman–Crippen MR) is 58.6 cm³/mol. The van der Waals surface area contributed by atoms with Crippen molar-refractivity contribution in [1.82, 2.24) is 5.32 Å². The largest absolute Gasteiger partial charge is 0.481 e. The summed E-state index contributed by atoms with van der Waals surface area (Å²) >= 11 is 0. The van der Waals surface area contributed by atoms with Crippen molar-refractivity contribution in [3.63, 3.8) is 0 Å². The number of hydrogen-bond acceptors (Lipinski definition) is 2. The van der Waals surface area contributed by atoms with Crippen molar-refractivity contribution in [2.45, 2.75) is 46.0 Å². The van der Waals surface area contributed by atoms with Gasteiger partial charge < -0.3 is 10.4 Å². The van der Waals surface area contributed by atoms with Gasteiger partial charge in [-0.2, -0.15) is 0 Å². The molecule has 4 nitrogen and oxygen atoms in total. The minimum Gasteiger partial charge on any atom is -0.481 e. The molecule has 2 N–H and O–H groups in total. The van der Waals surface area contributed by atoms with Gasteiger partial charge in [0.1, 0.15) is 0 Å². The van der Waals surface area contributed by atoms with E-state index in [1.54, 1.807) is 0 Å². The number of nitrogens with one attached hydrogen (secondary N) is 1. The molecule has 0 saturated heterocycles. The number of carboxylic acid groups (broad SMARTS) is 1. The van der Waals surface area contributed by atoms with E-state index in [4.69, 9.17) is 5.11 Å². The third kappa shape index (κ3) is 10.9. The predicted octanol–water partition coefficient (Wildman–Crippen LogP) is 1.79. The van der Waals surface area contributed by atoms with Gasteiger partial charge in [0.15, 0.2) is 0 Å². The number of hydrogen-bond donors (Lipinski definition) is 2. The van der Waals surface area contributed by atoms with Gasteiger partial charge in [0, 0.05) is 19.4 Å². The summed E-state index contributed by atoms with van der Waals surface area (Å²) in [4.78, 5) is 21.3. The third-order valence-corrected chi connectivity index (χ3v) is 2.07. The van der Waals surface area contributed by atoms with Gasteiger partial charge >= 0.3 is 5.97 Å². The van der Waals surface area contributed by atoms with E-state index in [0.717, 1.165) is 12.8 Å². The van der Waals surface area contributed by atoms with E-state index in [-0.39, 0.29) is 12.3 Å². The lowest BCUT2D eigenvalue weighted by atomic mass is 10.1. The van der Waals surface area contributed by atoms with Gasteiger partial charge in [0.2, 0.25) is 5.91 Å². The van der Waals surface area contributed by atoms with Crippen LogP contribution in [0.2, 0.25) is 0 Å². The fraction of sp³-hybridized carbons (Fsp3) is 0.818. The number of rotatable bonds is 8. The molecule has 0 rings (SSSR count). The first-order valence-electron chi connectivity index (χ1n) is 5.51. The smallest absolute Gasteiger partial charge is 0.303 e.